The molecule has 0 aliphatic rings. The molecule has 0 spiro atoms. The van der Waals surface area contributed by atoms with Crippen molar-refractivity contribution in [1.82, 2.24) is 15.1 Å². The number of amides is 1. The fraction of sp³-hybridized carbons (Fsp3) is 0.692. The molecule has 0 saturated carbocycles. The number of halogens is 1. The van der Waals surface area contributed by atoms with Gasteiger partial charge in [-0.2, -0.15) is 5.10 Å². The molecule has 3 N–H and O–H groups in total. The summed E-state index contributed by atoms with van der Waals surface area (Å²) in [5.41, 5.74) is 6.46. The zero-order valence-corrected chi connectivity index (χ0v) is 12.8. The smallest absolute Gasteiger partial charge is 0.227 e. The lowest BCUT2D eigenvalue weighted by Crippen LogP contribution is -2.45. The number of rotatable bonds is 7. The fourth-order valence-corrected chi connectivity index (χ4v) is 2.06. The molecule has 6 heteroatoms. The van der Waals surface area contributed by atoms with Crippen LogP contribution in [0.4, 0.5) is 0 Å². The van der Waals surface area contributed by atoms with Crippen LogP contribution in [-0.2, 0) is 18.3 Å². The van der Waals surface area contributed by atoms with Gasteiger partial charge in [0.15, 0.2) is 0 Å². The van der Waals surface area contributed by atoms with E-state index >= 15 is 0 Å². The van der Waals surface area contributed by atoms with Crippen LogP contribution in [0.25, 0.3) is 0 Å². The molecule has 1 aromatic rings. The first-order chi connectivity index (χ1) is 8.57. The number of hydrogen-bond donors (Lipinski definition) is 2. The fourth-order valence-electron chi connectivity index (χ4n) is 2.06. The van der Waals surface area contributed by atoms with E-state index in [0.29, 0.717) is 13.1 Å². The minimum absolute atomic E-state index is 0. The van der Waals surface area contributed by atoms with Crippen molar-refractivity contribution >= 4 is 18.3 Å². The summed E-state index contributed by atoms with van der Waals surface area (Å²) in [5, 5.41) is 7.07. The van der Waals surface area contributed by atoms with Gasteiger partial charge in [-0.25, -0.2) is 0 Å². The quantitative estimate of drug-likeness (QED) is 0.793. The zero-order valence-electron chi connectivity index (χ0n) is 12.0. The summed E-state index contributed by atoms with van der Waals surface area (Å²) in [6, 6.07) is 0. The molecule has 19 heavy (non-hydrogen) atoms. The van der Waals surface area contributed by atoms with Crippen LogP contribution in [0.5, 0.6) is 0 Å². The number of hydrogen-bond acceptors (Lipinski definition) is 3. The molecule has 0 bridgehead atoms. The van der Waals surface area contributed by atoms with E-state index in [9.17, 15) is 4.79 Å². The minimum Gasteiger partial charge on any atom is -0.355 e. The summed E-state index contributed by atoms with van der Waals surface area (Å²) in [4.78, 5) is 12.1. The van der Waals surface area contributed by atoms with Crippen LogP contribution in [0.1, 0.15) is 32.3 Å². The van der Waals surface area contributed by atoms with E-state index in [1.54, 1.807) is 4.68 Å². The van der Waals surface area contributed by atoms with E-state index in [1.165, 1.54) is 0 Å². The number of carbonyl (C=O) groups excluding carboxylic acids is 1. The number of aryl methyl sites for hydroxylation is 1. The molecule has 5 nitrogen and oxygen atoms in total. The van der Waals surface area contributed by atoms with E-state index < -0.39 is 5.41 Å². The Bertz CT molecular complexity index is 379. The number of nitrogens with one attached hydrogen (secondary N) is 1. The van der Waals surface area contributed by atoms with Gasteiger partial charge in [-0.3, -0.25) is 9.48 Å². The summed E-state index contributed by atoms with van der Waals surface area (Å²) in [7, 11) is 1.88. The molecule has 1 heterocycles. The van der Waals surface area contributed by atoms with Gasteiger partial charge in [-0.05, 0) is 24.8 Å². The lowest BCUT2D eigenvalue weighted by atomic mass is 9.81. The van der Waals surface area contributed by atoms with Gasteiger partial charge in [-0.1, -0.05) is 13.8 Å². The Kier molecular flexibility index (Phi) is 7.71. The molecule has 0 fully saturated rings. The standard InChI is InChI=1S/C13H24N4O.ClH/c1-4-13(5-2,10-14)12(18)15-7-6-11-8-16-17(3)9-11;/h8-9H,4-7,10,14H2,1-3H3,(H,15,18);1H. The molecule has 1 rings (SSSR count). The third-order valence-electron chi connectivity index (χ3n) is 3.68. The normalized spacial score (nSPS) is 10.9. The second-order valence-electron chi connectivity index (χ2n) is 4.72. The van der Waals surface area contributed by atoms with E-state index in [0.717, 1.165) is 24.8 Å². The predicted molar refractivity (Wildman–Crippen MR) is 79.2 cm³/mol. The topological polar surface area (TPSA) is 72.9 Å². The number of carbonyl (C=O) groups is 1. The molecule has 0 aliphatic carbocycles. The summed E-state index contributed by atoms with van der Waals surface area (Å²) in [5.74, 6) is 0.0684. The van der Waals surface area contributed by atoms with E-state index in [2.05, 4.69) is 10.4 Å². The summed E-state index contributed by atoms with van der Waals surface area (Å²) < 4.78 is 1.76. The van der Waals surface area contributed by atoms with Gasteiger partial charge in [0.25, 0.3) is 0 Å². The van der Waals surface area contributed by atoms with Gasteiger partial charge in [0.1, 0.15) is 0 Å². The highest BCUT2D eigenvalue weighted by atomic mass is 35.5. The predicted octanol–water partition coefficient (Wildman–Crippen LogP) is 1.27. The van der Waals surface area contributed by atoms with Crippen molar-refractivity contribution in [2.45, 2.75) is 33.1 Å². The Hall–Kier alpha value is -1.07. The van der Waals surface area contributed by atoms with Crippen LogP contribution in [0, 0.1) is 5.41 Å². The molecule has 0 unspecified atom stereocenters. The number of nitrogens with two attached hydrogens (primary N) is 1. The van der Waals surface area contributed by atoms with Gasteiger partial charge in [0.2, 0.25) is 5.91 Å². The molecule has 110 valence electrons. The summed E-state index contributed by atoms with van der Waals surface area (Å²) >= 11 is 0. The highest BCUT2D eigenvalue weighted by Crippen LogP contribution is 2.24. The van der Waals surface area contributed by atoms with Crippen molar-refractivity contribution in [2.75, 3.05) is 13.1 Å². The van der Waals surface area contributed by atoms with Gasteiger partial charge in [0.05, 0.1) is 11.6 Å². The van der Waals surface area contributed by atoms with E-state index in [1.807, 2.05) is 33.3 Å². The number of aromatic nitrogens is 2. The average Bonchev–Trinajstić information content (AvgIpc) is 2.78. The van der Waals surface area contributed by atoms with Crippen molar-refractivity contribution in [3.63, 3.8) is 0 Å². The van der Waals surface area contributed by atoms with Gasteiger partial charge < -0.3 is 11.1 Å². The Morgan fingerprint density at radius 3 is 2.53 bits per heavy atom. The second kappa shape index (κ2) is 8.17. The maximum Gasteiger partial charge on any atom is 0.227 e. The van der Waals surface area contributed by atoms with Crippen molar-refractivity contribution in [2.24, 2.45) is 18.2 Å². The van der Waals surface area contributed by atoms with Crippen LogP contribution in [-0.4, -0.2) is 28.8 Å². The SMILES string of the molecule is CCC(CC)(CN)C(=O)NCCc1cnn(C)c1.Cl. The van der Waals surface area contributed by atoms with Gasteiger partial charge >= 0.3 is 0 Å². The van der Waals surface area contributed by atoms with Crippen LogP contribution in [0.15, 0.2) is 12.4 Å². The third kappa shape index (κ3) is 4.51. The highest BCUT2D eigenvalue weighted by molar-refractivity contribution is 5.85. The molecule has 0 aliphatic heterocycles. The first kappa shape index (κ1) is 17.9. The van der Waals surface area contributed by atoms with Gasteiger partial charge in [-0.15, -0.1) is 12.4 Å². The molecule has 0 radical (unpaired) electrons. The molecular weight excluding hydrogens is 264 g/mol. The Balaban J connectivity index is 0.00000324. The minimum atomic E-state index is -0.408. The van der Waals surface area contributed by atoms with Crippen LogP contribution >= 0.6 is 12.4 Å². The van der Waals surface area contributed by atoms with E-state index in [-0.39, 0.29) is 18.3 Å². The number of nitrogens with zero attached hydrogens (tertiary/aromatic N) is 2. The molecule has 0 saturated heterocycles. The van der Waals surface area contributed by atoms with Crippen molar-refractivity contribution in [3.05, 3.63) is 18.0 Å². The van der Waals surface area contributed by atoms with Gasteiger partial charge in [0, 0.05) is 26.3 Å². The van der Waals surface area contributed by atoms with Crippen molar-refractivity contribution < 1.29 is 4.79 Å². The zero-order chi connectivity index (χ0) is 13.6. The largest absolute Gasteiger partial charge is 0.355 e. The highest BCUT2D eigenvalue weighted by Gasteiger charge is 2.32. The van der Waals surface area contributed by atoms with Crippen LogP contribution in [0.3, 0.4) is 0 Å². The molecular formula is C13H25ClN4O. The summed E-state index contributed by atoms with van der Waals surface area (Å²) in [6.45, 7) is 5.05. The first-order valence-corrected chi connectivity index (χ1v) is 6.54. The molecule has 1 amide bonds. The molecule has 0 aromatic carbocycles. The van der Waals surface area contributed by atoms with E-state index in [4.69, 9.17) is 5.73 Å². The summed E-state index contributed by atoms with van der Waals surface area (Å²) in [6.07, 6.45) is 6.13. The Morgan fingerprint density at radius 2 is 2.11 bits per heavy atom. The maximum absolute atomic E-state index is 12.1. The Labute approximate surface area is 121 Å². The maximum atomic E-state index is 12.1. The third-order valence-corrected chi connectivity index (χ3v) is 3.68. The van der Waals surface area contributed by atoms with Crippen LogP contribution < -0.4 is 11.1 Å². The average molecular weight is 289 g/mol. The van der Waals surface area contributed by atoms with Crippen LogP contribution in [0.2, 0.25) is 0 Å². The first-order valence-electron chi connectivity index (χ1n) is 6.54. The second-order valence-corrected chi connectivity index (χ2v) is 4.72. The lowest BCUT2D eigenvalue weighted by molar-refractivity contribution is -0.131. The Morgan fingerprint density at radius 1 is 1.47 bits per heavy atom. The lowest BCUT2D eigenvalue weighted by Gasteiger charge is -2.28. The van der Waals surface area contributed by atoms with Crippen molar-refractivity contribution in [1.29, 1.82) is 0 Å². The van der Waals surface area contributed by atoms with Crippen molar-refractivity contribution in [3.8, 4) is 0 Å². The molecule has 0 atom stereocenters. The monoisotopic (exact) mass is 288 g/mol. The molecule has 1 aromatic heterocycles.